The monoisotopic (exact) mass is 442 g/mol. The van der Waals surface area contributed by atoms with Crippen molar-refractivity contribution in [2.75, 3.05) is 0 Å². The van der Waals surface area contributed by atoms with E-state index in [0.29, 0.717) is 0 Å². The van der Waals surface area contributed by atoms with Gasteiger partial charge in [-0.3, -0.25) is 0 Å². The maximum atomic E-state index is 2.37. The Morgan fingerprint density at radius 2 is 1.08 bits per heavy atom. The minimum atomic E-state index is 1.37. The van der Waals surface area contributed by atoms with Gasteiger partial charge < -0.3 is 0 Å². The summed E-state index contributed by atoms with van der Waals surface area (Å²) in [6.45, 7) is 0. The molecule has 0 atom stereocenters. The summed E-state index contributed by atoms with van der Waals surface area (Å²) in [5.41, 5.74) is 0. The normalized spacial score (nSPS) is 11.8. The summed E-state index contributed by atoms with van der Waals surface area (Å²) < 4.78 is 5.61. The molecule has 0 amide bonds. The average Bonchev–Trinajstić information content (AvgIpc) is 3.44. The first-order valence-electron chi connectivity index (χ1n) is 7.98. The fraction of sp³-hybridized carbons (Fsp3) is 0. The SMILES string of the molecule is c1csc(-c2cc3sc(-c4ccc(-c5cc6sccc6s5)s4)cc3s2)c1. The number of rotatable bonds is 3. The van der Waals surface area contributed by atoms with Gasteiger partial charge in [0.05, 0.1) is 0 Å². The van der Waals surface area contributed by atoms with Crippen molar-refractivity contribution in [3.63, 3.8) is 0 Å². The molecule has 126 valence electrons. The summed E-state index contributed by atoms with van der Waals surface area (Å²) in [4.78, 5) is 8.29. The van der Waals surface area contributed by atoms with Crippen LogP contribution in [0.15, 0.2) is 59.3 Å². The van der Waals surface area contributed by atoms with Crippen LogP contribution in [0.25, 0.3) is 48.1 Å². The van der Waals surface area contributed by atoms with Gasteiger partial charge in [-0.25, -0.2) is 0 Å². The van der Waals surface area contributed by atoms with Crippen molar-refractivity contribution in [2.24, 2.45) is 0 Å². The summed E-state index contributed by atoms with van der Waals surface area (Å²) in [5, 5.41) is 4.32. The highest BCUT2D eigenvalue weighted by Gasteiger charge is 2.13. The van der Waals surface area contributed by atoms with Crippen molar-refractivity contribution >= 4 is 86.8 Å². The van der Waals surface area contributed by atoms with Gasteiger partial charge in [-0.1, -0.05) is 6.07 Å². The molecule has 0 aromatic carbocycles. The molecule has 6 heterocycles. The van der Waals surface area contributed by atoms with E-state index in [9.17, 15) is 0 Å². The molecular weight excluding hydrogens is 433 g/mol. The van der Waals surface area contributed by atoms with E-state index in [1.807, 2.05) is 68.0 Å². The molecule has 0 aliphatic heterocycles. The maximum absolute atomic E-state index is 2.37. The lowest BCUT2D eigenvalue weighted by Gasteiger charge is -1.91. The van der Waals surface area contributed by atoms with Gasteiger partial charge in [0.25, 0.3) is 0 Å². The zero-order chi connectivity index (χ0) is 17.1. The number of hydrogen-bond acceptors (Lipinski definition) is 6. The quantitative estimate of drug-likeness (QED) is 0.256. The Morgan fingerprint density at radius 3 is 1.73 bits per heavy atom. The van der Waals surface area contributed by atoms with E-state index in [1.165, 1.54) is 48.1 Å². The Labute approximate surface area is 174 Å². The van der Waals surface area contributed by atoms with Crippen molar-refractivity contribution in [3.8, 4) is 29.3 Å². The van der Waals surface area contributed by atoms with Crippen LogP contribution in [-0.2, 0) is 0 Å². The van der Waals surface area contributed by atoms with E-state index < -0.39 is 0 Å². The molecule has 0 spiro atoms. The molecule has 0 bridgehead atoms. The largest absolute Gasteiger partial charge is 0.143 e. The van der Waals surface area contributed by atoms with Crippen LogP contribution in [0.3, 0.4) is 0 Å². The van der Waals surface area contributed by atoms with Crippen LogP contribution in [0.2, 0.25) is 0 Å². The van der Waals surface area contributed by atoms with E-state index in [-0.39, 0.29) is 0 Å². The average molecular weight is 443 g/mol. The zero-order valence-corrected chi connectivity index (χ0v) is 18.1. The topological polar surface area (TPSA) is 0 Å². The molecule has 6 rings (SSSR count). The third kappa shape index (κ3) is 2.56. The van der Waals surface area contributed by atoms with Gasteiger partial charge in [0, 0.05) is 48.1 Å². The van der Waals surface area contributed by atoms with Crippen LogP contribution in [0.1, 0.15) is 0 Å². The van der Waals surface area contributed by atoms with Gasteiger partial charge in [-0.05, 0) is 53.2 Å². The van der Waals surface area contributed by atoms with Gasteiger partial charge in [0.2, 0.25) is 0 Å². The first-order chi connectivity index (χ1) is 12.8. The second-order valence-corrected chi connectivity index (χ2v) is 12.1. The van der Waals surface area contributed by atoms with Gasteiger partial charge in [0.1, 0.15) is 0 Å². The maximum Gasteiger partial charge on any atom is 0.0464 e. The highest BCUT2D eigenvalue weighted by atomic mass is 32.1. The Morgan fingerprint density at radius 1 is 0.423 bits per heavy atom. The Hall–Kier alpha value is -1.28. The first kappa shape index (κ1) is 15.7. The molecule has 0 aliphatic rings. The Balaban J connectivity index is 1.37. The summed E-state index contributed by atoms with van der Waals surface area (Å²) in [6.07, 6.45) is 0. The van der Waals surface area contributed by atoms with Crippen molar-refractivity contribution in [1.29, 1.82) is 0 Å². The lowest BCUT2D eigenvalue weighted by atomic mass is 10.3. The minimum Gasteiger partial charge on any atom is -0.143 e. The molecule has 0 saturated carbocycles. The number of thiophene rings is 6. The summed E-state index contributed by atoms with van der Waals surface area (Å²) in [5.74, 6) is 0. The zero-order valence-electron chi connectivity index (χ0n) is 13.2. The predicted molar refractivity (Wildman–Crippen MR) is 125 cm³/mol. The molecule has 0 radical (unpaired) electrons. The summed E-state index contributed by atoms with van der Waals surface area (Å²) in [7, 11) is 0. The highest BCUT2D eigenvalue weighted by molar-refractivity contribution is 7.34. The molecule has 0 aliphatic carbocycles. The molecule has 0 fully saturated rings. The Kier molecular flexibility index (Phi) is 3.71. The minimum absolute atomic E-state index is 1.37. The van der Waals surface area contributed by atoms with Crippen LogP contribution < -0.4 is 0 Å². The molecular formula is C20H10S6. The van der Waals surface area contributed by atoms with E-state index >= 15 is 0 Å². The molecule has 0 nitrogen and oxygen atoms in total. The van der Waals surface area contributed by atoms with Crippen LogP contribution in [-0.4, -0.2) is 0 Å². The fourth-order valence-electron chi connectivity index (χ4n) is 2.99. The van der Waals surface area contributed by atoms with Crippen molar-refractivity contribution in [3.05, 3.63) is 59.3 Å². The third-order valence-corrected chi connectivity index (χ3v) is 11.1. The van der Waals surface area contributed by atoms with Gasteiger partial charge in [-0.15, -0.1) is 68.0 Å². The van der Waals surface area contributed by atoms with Crippen molar-refractivity contribution in [2.45, 2.75) is 0 Å². The van der Waals surface area contributed by atoms with Crippen molar-refractivity contribution in [1.82, 2.24) is 0 Å². The van der Waals surface area contributed by atoms with Gasteiger partial charge in [-0.2, -0.15) is 0 Å². The van der Waals surface area contributed by atoms with E-state index in [1.54, 1.807) is 0 Å². The van der Waals surface area contributed by atoms with E-state index in [0.717, 1.165) is 0 Å². The lowest BCUT2D eigenvalue weighted by Crippen LogP contribution is -1.59. The van der Waals surface area contributed by atoms with E-state index in [4.69, 9.17) is 0 Å². The lowest BCUT2D eigenvalue weighted by molar-refractivity contribution is 1.95. The standard InChI is InChI=1S/C20H10S6/c1-2-11(21-6-1)16-9-19-20(25-16)10-18(26-19)13-4-3-12(23-13)17-8-15-14(24-17)5-7-22-15/h1-10H. The second-order valence-electron chi connectivity index (χ2n) is 5.85. The van der Waals surface area contributed by atoms with Gasteiger partial charge in [0.15, 0.2) is 0 Å². The Bertz CT molecular complexity index is 1270. The molecule has 6 aromatic rings. The smallest absolute Gasteiger partial charge is 0.0464 e. The van der Waals surface area contributed by atoms with Crippen molar-refractivity contribution < 1.29 is 0 Å². The molecule has 6 aromatic heterocycles. The van der Waals surface area contributed by atoms with Crippen LogP contribution >= 0.6 is 68.0 Å². The highest BCUT2D eigenvalue weighted by Crippen LogP contribution is 2.46. The first-order valence-corrected chi connectivity index (χ1v) is 13.0. The summed E-state index contributed by atoms with van der Waals surface area (Å²) >= 11 is 11.3. The third-order valence-electron chi connectivity index (χ3n) is 4.20. The second kappa shape index (κ2) is 6.12. The van der Waals surface area contributed by atoms with Crippen LogP contribution in [0.5, 0.6) is 0 Å². The summed E-state index contributed by atoms with van der Waals surface area (Å²) in [6, 6.07) is 18.2. The number of hydrogen-bond donors (Lipinski definition) is 0. The van der Waals surface area contributed by atoms with E-state index in [2.05, 4.69) is 59.3 Å². The molecule has 0 N–H and O–H groups in total. The molecule has 0 unspecified atom stereocenters. The molecule has 6 heteroatoms. The number of fused-ring (bicyclic) bond motifs is 2. The molecule has 26 heavy (non-hydrogen) atoms. The predicted octanol–water partition coefficient (Wildman–Crippen LogP) is 9.36. The molecule has 0 saturated heterocycles. The van der Waals surface area contributed by atoms with Crippen LogP contribution in [0.4, 0.5) is 0 Å². The van der Waals surface area contributed by atoms with Gasteiger partial charge >= 0.3 is 0 Å². The van der Waals surface area contributed by atoms with Crippen LogP contribution in [0, 0.1) is 0 Å². The fourth-order valence-corrected chi connectivity index (χ4v) is 9.49.